The Labute approximate surface area is 96.2 Å². The maximum Gasteiger partial charge on any atom is 0.159 e. The van der Waals surface area contributed by atoms with Crippen LogP contribution in [0, 0.1) is 0 Å². The van der Waals surface area contributed by atoms with Gasteiger partial charge in [0.05, 0.1) is 22.2 Å². The molecule has 3 aromatic rings. The quantitative estimate of drug-likeness (QED) is 0.309. The molecule has 0 aliphatic carbocycles. The van der Waals surface area contributed by atoms with Crippen LogP contribution < -0.4 is 5.73 Å². The zero-order chi connectivity index (χ0) is 12.0. The summed E-state index contributed by atoms with van der Waals surface area (Å²) >= 11 is 0. The van der Waals surface area contributed by atoms with E-state index >= 15 is 0 Å². The van der Waals surface area contributed by atoms with E-state index in [0.29, 0.717) is 27.8 Å². The topological polar surface area (TPSA) is 92.3 Å². The molecule has 3 rings (SSSR count). The number of nitrogens with two attached hydrogens (primary N) is 1. The largest absolute Gasteiger partial charge is 0.504 e. The summed E-state index contributed by atoms with van der Waals surface area (Å²) in [7, 11) is 0. The average Bonchev–Trinajstić information content (AvgIpc) is 2.29. The summed E-state index contributed by atoms with van der Waals surface area (Å²) in [6.07, 6.45) is 0. The van der Waals surface area contributed by atoms with Gasteiger partial charge in [0.2, 0.25) is 0 Å². The number of phenols is 2. The van der Waals surface area contributed by atoms with Gasteiger partial charge in [-0.3, -0.25) is 0 Å². The average molecular weight is 227 g/mol. The van der Waals surface area contributed by atoms with Gasteiger partial charge in [0.1, 0.15) is 5.52 Å². The Morgan fingerprint density at radius 3 is 2.24 bits per heavy atom. The molecule has 0 saturated carbocycles. The summed E-state index contributed by atoms with van der Waals surface area (Å²) in [6.45, 7) is 0. The lowest BCUT2D eigenvalue weighted by atomic mass is 10.2. The van der Waals surface area contributed by atoms with E-state index in [4.69, 9.17) is 5.73 Å². The Balaban J connectivity index is 2.48. The van der Waals surface area contributed by atoms with Crippen molar-refractivity contribution in [1.82, 2.24) is 9.97 Å². The zero-order valence-electron chi connectivity index (χ0n) is 8.75. The van der Waals surface area contributed by atoms with Crippen molar-refractivity contribution < 1.29 is 10.2 Å². The zero-order valence-corrected chi connectivity index (χ0v) is 8.75. The number of benzene rings is 2. The molecule has 0 aliphatic heterocycles. The van der Waals surface area contributed by atoms with Gasteiger partial charge in [0.25, 0.3) is 0 Å². The Hall–Kier alpha value is -2.56. The number of nitrogens with zero attached hydrogens (tertiary/aromatic N) is 2. The molecule has 0 atom stereocenters. The second kappa shape index (κ2) is 3.21. The number of hydrogen-bond acceptors (Lipinski definition) is 5. The minimum absolute atomic E-state index is 0.213. The van der Waals surface area contributed by atoms with Crippen LogP contribution in [0.2, 0.25) is 0 Å². The summed E-state index contributed by atoms with van der Waals surface area (Å²) in [5, 5.41) is 18.8. The monoisotopic (exact) mass is 227 g/mol. The van der Waals surface area contributed by atoms with Crippen molar-refractivity contribution in [2.45, 2.75) is 0 Å². The van der Waals surface area contributed by atoms with Crippen LogP contribution in [-0.4, -0.2) is 20.2 Å². The number of hydrogen-bond donors (Lipinski definition) is 3. The fourth-order valence-electron chi connectivity index (χ4n) is 1.74. The summed E-state index contributed by atoms with van der Waals surface area (Å²) < 4.78 is 0. The van der Waals surface area contributed by atoms with Gasteiger partial charge in [-0.05, 0) is 12.1 Å². The van der Waals surface area contributed by atoms with Crippen LogP contribution in [0.3, 0.4) is 0 Å². The number of para-hydroxylation sites is 1. The molecule has 0 bridgehead atoms. The van der Waals surface area contributed by atoms with E-state index in [1.165, 1.54) is 12.1 Å². The molecular formula is C12H9N3O2. The van der Waals surface area contributed by atoms with Crippen LogP contribution in [0.5, 0.6) is 11.5 Å². The highest BCUT2D eigenvalue weighted by Crippen LogP contribution is 2.30. The first-order valence-electron chi connectivity index (χ1n) is 5.03. The third kappa shape index (κ3) is 1.40. The van der Waals surface area contributed by atoms with Crippen molar-refractivity contribution >= 4 is 27.8 Å². The van der Waals surface area contributed by atoms with Crippen molar-refractivity contribution in [3.8, 4) is 11.5 Å². The Morgan fingerprint density at radius 2 is 1.53 bits per heavy atom. The minimum Gasteiger partial charge on any atom is -0.504 e. The van der Waals surface area contributed by atoms with Gasteiger partial charge in [0.15, 0.2) is 11.5 Å². The van der Waals surface area contributed by atoms with Gasteiger partial charge < -0.3 is 15.9 Å². The number of nitrogen functional groups attached to an aromatic ring is 1. The molecule has 4 N–H and O–H groups in total. The molecule has 5 heteroatoms. The fourth-order valence-corrected chi connectivity index (χ4v) is 1.74. The van der Waals surface area contributed by atoms with Gasteiger partial charge in [-0.1, -0.05) is 6.07 Å². The second-order valence-electron chi connectivity index (χ2n) is 3.77. The summed E-state index contributed by atoms with van der Waals surface area (Å²) in [6, 6.07) is 8.06. The molecule has 0 saturated heterocycles. The maximum atomic E-state index is 9.41. The number of fused-ring (bicyclic) bond motifs is 2. The molecule has 0 unspecified atom stereocenters. The lowest BCUT2D eigenvalue weighted by Gasteiger charge is -2.04. The first kappa shape index (κ1) is 9.65. The van der Waals surface area contributed by atoms with Crippen molar-refractivity contribution in [3.05, 3.63) is 30.3 Å². The molecule has 0 radical (unpaired) electrons. The van der Waals surface area contributed by atoms with Crippen LogP contribution in [0.15, 0.2) is 30.3 Å². The highest BCUT2D eigenvalue weighted by Gasteiger charge is 2.07. The number of aromatic nitrogens is 2. The molecule has 1 heterocycles. The Bertz CT molecular complexity index is 740. The number of aromatic hydroxyl groups is 2. The first-order chi connectivity index (χ1) is 8.15. The number of rotatable bonds is 0. The van der Waals surface area contributed by atoms with Crippen molar-refractivity contribution in [3.63, 3.8) is 0 Å². The molecule has 5 nitrogen and oxygen atoms in total. The third-order valence-electron chi connectivity index (χ3n) is 2.59. The molecule has 2 aromatic carbocycles. The molecule has 0 amide bonds. The van der Waals surface area contributed by atoms with Gasteiger partial charge in [-0.2, -0.15) is 0 Å². The predicted molar refractivity (Wildman–Crippen MR) is 64.8 cm³/mol. The van der Waals surface area contributed by atoms with E-state index in [9.17, 15) is 10.2 Å². The van der Waals surface area contributed by atoms with E-state index < -0.39 is 0 Å². The van der Waals surface area contributed by atoms with Crippen LogP contribution in [0.4, 0.5) is 5.69 Å². The third-order valence-corrected chi connectivity index (χ3v) is 2.59. The van der Waals surface area contributed by atoms with Crippen LogP contribution in [0.1, 0.15) is 0 Å². The van der Waals surface area contributed by atoms with Gasteiger partial charge in [-0.15, -0.1) is 0 Å². The summed E-state index contributed by atoms with van der Waals surface area (Å²) in [5.41, 5.74) is 8.58. The van der Waals surface area contributed by atoms with Crippen molar-refractivity contribution in [2.75, 3.05) is 5.73 Å². The van der Waals surface area contributed by atoms with Gasteiger partial charge in [0, 0.05) is 12.1 Å². The lowest BCUT2D eigenvalue weighted by Crippen LogP contribution is -1.92. The van der Waals surface area contributed by atoms with Crippen LogP contribution in [0.25, 0.3) is 22.1 Å². The van der Waals surface area contributed by atoms with Gasteiger partial charge >= 0.3 is 0 Å². The summed E-state index contributed by atoms with van der Waals surface area (Å²) in [4.78, 5) is 8.65. The number of phenolic OH excluding ortho intramolecular Hbond substituents is 2. The Kier molecular flexibility index (Phi) is 1.82. The highest BCUT2D eigenvalue weighted by atomic mass is 16.3. The fraction of sp³-hybridized carbons (Fsp3) is 0. The SMILES string of the molecule is Nc1cccc2nc3cc(O)c(O)cc3nc12. The lowest BCUT2D eigenvalue weighted by molar-refractivity contribution is 0.404. The first-order valence-corrected chi connectivity index (χ1v) is 5.03. The van der Waals surface area contributed by atoms with E-state index in [2.05, 4.69) is 9.97 Å². The molecule has 0 fully saturated rings. The van der Waals surface area contributed by atoms with E-state index in [1.807, 2.05) is 0 Å². The normalized spacial score (nSPS) is 11.1. The maximum absolute atomic E-state index is 9.41. The molecule has 17 heavy (non-hydrogen) atoms. The second-order valence-corrected chi connectivity index (χ2v) is 3.77. The molecule has 0 aliphatic rings. The molecule has 0 spiro atoms. The Morgan fingerprint density at radius 1 is 0.882 bits per heavy atom. The van der Waals surface area contributed by atoms with Crippen molar-refractivity contribution in [1.29, 1.82) is 0 Å². The smallest absolute Gasteiger partial charge is 0.159 e. The van der Waals surface area contributed by atoms with E-state index in [1.54, 1.807) is 18.2 Å². The molecular weight excluding hydrogens is 218 g/mol. The van der Waals surface area contributed by atoms with Crippen LogP contribution >= 0.6 is 0 Å². The molecule has 84 valence electrons. The van der Waals surface area contributed by atoms with Crippen molar-refractivity contribution in [2.24, 2.45) is 0 Å². The highest BCUT2D eigenvalue weighted by molar-refractivity contribution is 5.93. The summed E-state index contributed by atoms with van der Waals surface area (Å²) in [5.74, 6) is -0.435. The van der Waals surface area contributed by atoms with Crippen LogP contribution in [-0.2, 0) is 0 Å². The predicted octanol–water partition coefficient (Wildman–Crippen LogP) is 1.78. The van der Waals surface area contributed by atoms with Gasteiger partial charge in [-0.25, -0.2) is 9.97 Å². The molecule has 1 aromatic heterocycles. The van der Waals surface area contributed by atoms with E-state index in [-0.39, 0.29) is 11.5 Å². The van der Waals surface area contributed by atoms with E-state index in [0.717, 1.165) is 0 Å². The minimum atomic E-state index is -0.222. The standard InChI is InChI=1S/C12H9N3O2/c13-6-2-1-3-7-12(6)15-9-5-11(17)10(16)4-8(9)14-7/h1-5,16-17H,13H2. The number of anilines is 1.